The van der Waals surface area contributed by atoms with Gasteiger partial charge in [0.2, 0.25) is 5.91 Å². The summed E-state index contributed by atoms with van der Waals surface area (Å²) in [7, 11) is 0. The van der Waals surface area contributed by atoms with E-state index in [1.807, 2.05) is 5.40 Å². The van der Waals surface area contributed by atoms with E-state index < -0.39 is 23.1 Å². The van der Waals surface area contributed by atoms with Gasteiger partial charge in [-0.2, -0.15) is 5.26 Å². The summed E-state index contributed by atoms with van der Waals surface area (Å²) < 4.78 is 14.0. The van der Waals surface area contributed by atoms with Crippen LogP contribution in [0.2, 0.25) is 0 Å². The van der Waals surface area contributed by atoms with Gasteiger partial charge < -0.3 is 10.4 Å². The predicted octanol–water partition coefficient (Wildman–Crippen LogP) is 3.77. The molecule has 0 spiro atoms. The van der Waals surface area contributed by atoms with Crippen molar-refractivity contribution >= 4 is 29.3 Å². The van der Waals surface area contributed by atoms with Gasteiger partial charge in [0.15, 0.2) is 0 Å². The highest BCUT2D eigenvalue weighted by Crippen LogP contribution is 2.29. The molecule has 2 aromatic carbocycles. The molecule has 1 amide bonds. The molecule has 2 aromatic rings. The first-order valence-electron chi connectivity index (χ1n) is 7.31. The second-order valence-electron chi connectivity index (χ2n) is 5.56. The Morgan fingerprint density at radius 3 is 2.52 bits per heavy atom. The minimum atomic E-state index is -1.43. The number of rotatable bonds is 6. The number of nitrogens with one attached hydrogen (secondary N) is 1. The number of amides is 1. The fourth-order valence-corrected chi connectivity index (χ4v) is 2.74. The fraction of sp³-hybridized carbons (Fsp3) is 0.167. The minimum absolute atomic E-state index is 0.0620. The van der Waals surface area contributed by atoms with E-state index in [4.69, 9.17) is 5.26 Å². The first-order chi connectivity index (χ1) is 11.9. The molecule has 0 saturated carbocycles. The number of aliphatic carboxylic acids is 1. The van der Waals surface area contributed by atoms with E-state index in [0.717, 1.165) is 17.8 Å². The molecule has 2 N–H and O–H groups in total. The molecule has 0 heterocycles. The Morgan fingerprint density at radius 2 is 1.96 bits per heavy atom. The van der Waals surface area contributed by atoms with Crippen molar-refractivity contribution in [3.8, 4) is 5.40 Å². The lowest BCUT2D eigenvalue weighted by atomic mass is 9.79. The summed E-state index contributed by atoms with van der Waals surface area (Å²) in [4.78, 5) is 24.4. The lowest BCUT2D eigenvalue weighted by Crippen LogP contribution is -2.36. The molecule has 0 fully saturated rings. The van der Waals surface area contributed by atoms with Crippen molar-refractivity contribution < 1.29 is 19.1 Å². The molecular formula is C18H15FN2O3S. The van der Waals surface area contributed by atoms with Crippen LogP contribution in [0.3, 0.4) is 0 Å². The number of thiocyanates is 1. The third-order valence-corrected chi connectivity index (χ3v) is 4.36. The number of anilines is 1. The molecule has 128 valence electrons. The third-order valence-electron chi connectivity index (χ3n) is 3.78. The normalized spacial score (nSPS) is 12.7. The van der Waals surface area contributed by atoms with Crippen LogP contribution in [0.15, 0.2) is 53.4 Å². The third kappa shape index (κ3) is 4.37. The van der Waals surface area contributed by atoms with Gasteiger partial charge in [-0.3, -0.25) is 9.59 Å². The largest absolute Gasteiger partial charge is 0.481 e. The van der Waals surface area contributed by atoms with Crippen LogP contribution in [-0.2, 0) is 15.0 Å². The number of carboxylic acid groups (broad SMARTS) is 1. The summed E-state index contributed by atoms with van der Waals surface area (Å²) in [6, 6.07) is 12.4. The van der Waals surface area contributed by atoms with Crippen molar-refractivity contribution in [2.75, 3.05) is 5.32 Å². The minimum Gasteiger partial charge on any atom is -0.481 e. The molecule has 0 bridgehead atoms. The molecule has 0 aliphatic carbocycles. The first kappa shape index (κ1) is 18.5. The predicted molar refractivity (Wildman–Crippen MR) is 92.5 cm³/mol. The average molecular weight is 358 g/mol. The zero-order valence-corrected chi connectivity index (χ0v) is 14.1. The number of benzene rings is 2. The van der Waals surface area contributed by atoms with Gasteiger partial charge in [-0.15, -0.1) is 0 Å². The number of nitrogens with zero attached hydrogens (tertiary/aromatic N) is 1. The molecule has 25 heavy (non-hydrogen) atoms. The van der Waals surface area contributed by atoms with E-state index >= 15 is 0 Å². The monoisotopic (exact) mass is 358 g/mol. The molecule has 5 nitrogen and oxygen atoms in total. The zero-order chi connectivity index (χ0) is 18.4. The number of halogens is 1. The maximum Gasteiger partial charge on any atom is 0.314 e. The van der Waals surface area contributed by atoms with Gasteiger partial charge in [0.05, 0.1) is 11.1 Å². The molecule has 1 atom stereocenters. The van der Waals surface area contributed by atoms with E-state index in [-0.39, 0.29) is 12.1 Å². The lowest BCUT2D eigenvalue weighted by molar-refractivity contribution is -0.145. The van der Waals surface area contributed by atoms with Crippen LogP contribution in [0.25, 0.3) is 0 Å². The summed E-state index contributed by atoms with van der Waals surface area (Å²) >= 11 is 0.803. The Morgan fingerprint density at radius 1 is 1.28 bits per heavy atom. The second-order valence-corrected chi connectivity index (χ2v) is 6.42. The highest BCUT2D eigenvalue weighted by molar-refractivity contribution is 8.03. The topological polar surface area (TPSA) is 90.2 Å². The SMILES string of the molecule is CC(CC(=O)Nc1ccc(SC#N)cc1F)(C(=O)O)c1ccccc1. The standard InChI is InChI=1S/C18H15FN2O3S/c1-18(17(23)24,12-5-3-2-4-6-12)10-16(22)21-15-8-7-13(25-11-20)9-14(15)19/h2-9H,10H2,1H3,(H,21,22)(H,23,24). The molecule has 0 aliphatic heterocycles. The number of hydrogen-bond donors (Lipinski definition) is 2. The summed E-state index contributed by atoms with van der Waals surface area (Å²) in [5.41, 5.74) is -1.01. The van der Waals surface area contributed by atoms with Gasteiger partial charge in [-0.1, -0.05) is 30.3 Å². The Labute approximate surface area is 148 Å². The van der Waals surface area contributed by atoms with E-state index in [1.54, 1.807) is 30.3 Å². The highest BCUT2D eigenvalue weighted by Gasteiger charge is 2.37. The van der Waals surface area contributed by atoms with Gasteiger partial charge in [0.1, 0.15) is 11.2 Å². The van der Waals surface area contributed by atoms with Crippen LogP contribution >= 0.6 is 11.8 Å². The molecule has 1 unspecified atom stereocenters. The Balaban J connectivity index is 2.18. The van der Waals surface area contributed by atoms with Gasteiger partial charge in [0, 0.05) is 11.3 Å². The summed E-state index contributed by atoms with van der Waals surface area (Å²) in [5, 5.41) is 22.4. The summed E-state index contributed by atoms with van der Waals surface area (Å²) in [6.45, 7) is 1.45. The first-order valence-corrected chi connectivity index (χ1v) is 8.13. The van der Waals surface area contributed by atoms with Crippen molar-refractivity contribution in [3.63, 3.8) is 0 Å². The van der Waals surface area contributed by atoms with Crippen molar-refractivity contribution in [1.82, 2.24) is 0 Å². The van der Waals surface area contributed by atoms with Crippen LogP contribution in [0.1, 0.15) is 18.9 Å². The Bertz CT molecular complexity index is 836. The molecule has 7 heteroatoms. The van der Waals surface area contributed by atoms with Crippen LogP contribution in [-0.4, -0.2) is 17.0 Å². The van der Waals surface area contributed by atoms with Gasteiger partial charge in [-0.05, 0) is 42.4 Å². The second kappa shape index (κ2) is 7.81. The molecule has 0 saturated heterocycles. The maximum atomic E-state index is 14.0. The van der Waals surface area contributed by atoms with E-state index in [0.29, 0.717) is 10.5 Å². The fourth-order valence-electron chi connectivity index (χ4n) is 2.34. The molecule has 0 aliphatic rings. The van der Waals surface area contributed by atoms with Crippen LogP contribution in [0, 0.1) is 16.5 Å². The number of carboxylic acids is 1. The summed E-state index contributed by atoms with van der Waals surface area (Å²) in [6.07, 6.45) is -0.347. The number of hydrogen-bond acceptors (Lipinski definition) is 4. The Kier molecular flexibility index (Phi) is 5.78. The number of carbonyl (C=O) groups is 2. The van der Waals surface area contributed by atoms with Crippen molar-refractivity contribution in [2.24, 2.45) is 0 Å². The zero-order valence-electron chi connectivity index (χ0n) is 13.3. The van der Waals surface area contributed by atoms with Crippen LogP contribution in [0.5, 0.6) is 0 Å². The highest BCUT2D eigenvalue weighted by atomic mass is 32.2. The molecule has 0 radical (unpaired) electrons. The van der Waals surface area contributed by atoms with E-state index in [2.05, 4.69) is 5.32 Å². The molecular weight excluding hydrogens is 343 g/mol. The Hall–Kier alpha value is -2.85. The van der Waals surface area contributed by atoms with Crippen molar-refractivity contribution in [3.05, 3.63) is 59.9 Å². The average Bonchev–Trinajstić information content (AvgIpc) is 2.58. The number of thioether (sulfide) groups is 1. The van der Waals surface area contributed by atoms with E-state index in [9.17, 15) is 19.1 Å². The van der Waals surface area contributed by atoms with Crippen LogP contribution in [0.4, 0.5) is 10.1 Å². The van der Waals surface area contributed by atoms with Crippen molar-refractivity contribution in [2.45, 2.75) is 23.7 Å². The quantitative estimate of drug-likeness (QED) is 0.606. The number of carbonyl (C=O) groups excluding carboxylic acids is 1. The van der Waals surface area contributed by atoms with Gasteiger partial charge in [-0.25, -0.2) is 4.39 Å². The van der Waals surface area contributed by atoms with Crippen LogP contribution < -0.4 is 5.32 Å². The maximum absolute atomic E-state index is 14.0. The lowest BCUT2D eigenvalue weighted by Gasteiger charge is -2.24. The van der Waals surface area contributed by atoms with Crippen molar-refractivity contribution in [1.29, 1.82) is 5.26 Å². The smallest absolute Gasteiger partial charge is 0.314 e. The molecule has 2 rings (SSSR count). The summed E-state index contributed by atoms with van der Waals surface area (Å²) in [5.74, 6) is -2.45. The van der Waals surface area contributed by atoms with Gasteiger partial charge >= 0.3 is 5.97 Å². The number of nitriles is 1. The molecule has 0 aromatic heterocycles. The van der Waals surface area contributed by atoms with E-state index in [1.165, 1.54) is 19.1 Å². The van der Waals surface area contributed by atoms with Gasteiger partial charge in [0.25, 0.3) is 0 Å².